The van der Waals surface area contributed by atoms with Crippen LogP contribution in [0.4, 0.5) is 10.2 Å². The van der Waals surface area contributed by atoms with E-state index < -0.39 is 5.97 Å². The van der Waals surface area contributed by atoms with Crippen molar-refractivity contribution in [3.63, 3.8) is 0 Å². The topological polar surface area (TPSA) is 66.3 Å². The van der Waals surface area contributed by atoms with Crippen LogP contribution >= 0.6 is 0 Å². The van der Waals surface area contributed by atoms with E-state index in [0.29, 0.717) is 22.8 Å². The maximum absolute atomic E-state index is 13.4. The molecule has 0 aliphatic carbocycles. The maximum atomic E-state index is 13.4. The zero-order valence-corrected chi connectivity index (χ0v) is 15.0. The van der Waals surface area contributed by atoms with Crippen LogP contribution in [-0.2, 0) is 0 Å². The van der Waals surface area contributed by atoms with Crippen molar-refractivity contribution in [2.45, 2.75) is 32.2 Å². The molecule has 138 valence electrons. The molecule has 4 rings (SSSR count). The summed E-state index contributed by atoms with van der Waals surface area (Å²) in [6, 6.07) is 11.3. The van der Waals surface area contributed by atoms with Crippen LogP contribution in [0.1, 0.15) is 36.5 Å². The van der Waals surface area contributed by atoms with Crippen LogP contribution in [0.2, 0.25) is 0 Å². The summed E-state index contributed by atoms with van der Waals surface area (Å²) in [6.07, 6.45) is 3.31. The SMILES string of the molecule is C[C@H]1CCCCN1c1nc2cc(C(=O)O)ccc2nc1-c1ccc(F)cc1. The van der Waals surface area contributed by atoms with Crippen LogP contribution in [0.5, 0.6) is 0 Å². The maximum Gasteiger partial charge on any atom is 0.335 e. The molecule has 5 nitrogen and oxygen atoms in total. The molecule has 3 aromatic rings. The van der Waals surface area contributed by atoms with Crippen molar-refractivity contribution in [1.29, 1.82) is 0 Å². The van der Waals surface area contributed by atoms with Crippen molar-refractivity contribution in [2.75, 3.05) is 11.4 Å². The highest BCUT2D eigenvalue weighted by Crippen LogP contribution is 2.33. The predicted molar refractivity (Wildman–Crippen MR) is 103 cm³/mol. The summed E-state index contributed by atoms with van der Waals surface area (Å²) >= 11 is 0. The minimum absolute atomic E-state index is 0.184. The first-order valence-electron chi connectivity index (χ1n) is 9.10. The van der Waals surface area contributed by atoms with E-state index in [-0.39, 0.29) is 11.4 Å². The molecule has 0 bridgehead atoms. The minimum atomic E-state index is -0.991. The van der Waals surface area contributed by atoms with E-state index in [0.717, 1.165) is 30.8 Å². The van der Waals surface area contributed by atoms with Crippen LogP contribution in [0.15, 0.2) is 42.5 Å². The minimum Gasteiger partial charge on any atom is -0.478 e. The second-order valence-electron chi connectivity index (χ2n) is 6.95. The van der Waals surface area contributed by atoms with Gasteiger partial charge < -0.3 is 10.0 Å². The molecule has 0 spiro atoms. The van der Waals surface area contributed by atoms with Crippen LogP contribution in [0.25, 0.3) is 22.3 Å². The first-order chi connectivity index (χ1) is 13.0. The molecule has 1 aromatic heterocycles. The lowest BCUT2D eigenvalue weighted by Crippen LogP contribution is -2.38. The number of aromatic carboxylic acids is 1. The largest absolute Gasteiger partial charge is 0.478 e. The van der Waals surface area contributed by atoms with Gasteiger partial charge in [-0.2, -0.15) is 0 Å². The monoisotopic (exact) mass is 365 g/mol. The number of carboxylic acid groups (broad SMARTS) is 1. The van der Waals surface area contributed by atoms with Gasteiger partial charge in [0, 0.05) is 18.2 Å². The molecule has 1 fully saturated rings. The van der Waals surface area contributed by atoms with Gasteiger partial charge in [-0.15, -0.1) is 0 Å². The first kappa shape index (κ1) is 17.4. The van der Waals surface area contributed by atoms with Crippen molar-refractivity contribution >= 4 is 22.8 Å². The van der Waals surface area contributed by atoms with Gasteiger partial charge in [-0.1, -0.05) is 0 Å². The fourth-order valence-electron chi connectivity index (χ4n) is 3.59. The Morgan fingerprint density at radius 2 is 1.89 bits per heavy atom. The molecule has 27 heavy (non-hydrogen) atoms. The highest BCUT2D eigenvalue weighted by atomic mass is 19.1. The van der Waals surface area contributed by atoms with Gasteiger partial charge in [0.05, 0.1) is 16.6 Å². The van der Waals surface area contributed by atoms with E-state index in [1.165, 1.54) is 24.6 Å². The van der Waals surface area contributed by atoms with Gasteiger partial charge in [0.15, 0.2) is 5.82 Å². The lowest BCUT2D eigenvalue weighted by Gasteiger charge is -2.35. The number of nitrogens with zero attached hydrogens (tertiary/aromatic N) is 3. The number of hydrogen-bond acceptors (Lipinski definition) is 4. The Balaban J connectivity index is 1.93. The molecule has 1 aliphatic heterocycles. The second kappa shape index (κ2) is 6.95. The summed E-state index contributed by atoms with van der Waals surface area (Å²) in [5.41, 5.74) is 2.84. The average molecular weight is 365 g/mol. The van der Waals surface area contributed by atoms with E-state index in [4.69, 9.17) is 9.97 Å². The quantitative estimate of drug-likeness (QED) is 0.739. The Kier molecular flexibility index (Phi) is 4.48. The molecule has 2 aromatic carbocycles. The van der Waals surface area contributed by atoms with E-state index in [1.54, 1.807) is 24.3 Å². The molecule has 1 N–H and O–H groups in total. The third-order valence-electron chi connectivity index (χ3n) is 5.09. The van der Waals surface area contributed by atoms with Crippen molar-refractivity contribution in [1.82, 2.24) is 9.97 Å². The predicted octanol–water partition coefficient (Wildman–Crippen LogP) is 4.51. The number of fused-ring (bicyclic) bond motifs is 1. The van der Waals surface area contributed by atoms with Crippen molar-refractivity contribution < 1.29 is 14.3 Å². The van der Waals surface area contributed by atoms with Crippen LogP contribution in [0, 0.1) is 5.82 Å². The van der Waals surface area contributed by atoms with Gasteiger partial charge in [-0.25, -0.2) is 19.2 Å². The van der Waals surface area contributed by atoms with Gasteiger partial charge in [-0.05, 0) is 68.7 Å². The van der Waals surface area contributed by atoms with Gasteiger partial charge in [-0.3, -0.25) is 0 Å². The van der Waals surface area contributed by atoms with Gasteiger partial charge in [0.2, 0.25) is 0 Å². The first-order valence-corrected chi connectivity index (χ1v) is 9.10. The number of rotatable bonds is 3. The van der Waals surface area contributed by atoms with Crippen LogP contribution in [0.3, 0.4) is 0 Å². The van der Waals surface area contributed by atoms with Gasteiger partial charge >= 0.3 is 5.97 Å². The van der Waals surface area contributed by atoms with E-state index >= 15 is 0 Å². The lowest BCUT2D eigenvalue weighted by molar-refractivity contribution is 0.0697. The van der Waals surface area contributed by atoms with Crippen molar-refractivity contribution in [3.05, 3.63) is 53.8 Å². The fourth-order valence-corrected chi connectivity index (χ4v) is 3.59. The number of piperidine rings is 1. The number of hydrogen-bond donors (Lipinski definition) is 1. The summed E-state index contributed by atoms with van der Waals surface area (Å²) in [5.74, 6) is -0.565. The number of halogens is 1. The molecule has 1 saturated heterocycles. The smallest absolute Gasteiger partial charge is 0.335 e. The number of carbonyl (C=O) groups is 1. The Labute approximate surface area is 156 Å². The molecule has 2 heterocycles. The van der Waals surface area contributed by atoms with Gasteiger partial charge in [0.25, 0.3) is 0 Å². The molecule has 0 radical (unpaired) electrons. The summed E-state index contributed by atoms with van der Waals surface area (Å²) in [6.45, 7) is 3.03. The highest BCUT2D eigenvalue weighted by Gasteiger charge is 2.24. The Hall–Kier alpha value is -3.02. The van der Waals surface area contributed by atoms with E-state index in [2.05, 4.69) is 11.8 Å². The molecular formula is C21H20FN3O2. The Morgan fingerprint density at radius 1 is 1.11 bits per heavy atom. The zero-order valence-electron chi connectivity index (χ0n) is 15.0. The number of benzene rings is 2. The Morgan fingerprint density at radius 3 is 2.59 bits per heavy atom. The third-order valence-corrected chi connectivity index (χ3v) is 5.09. The summed E-state index contributed by atoms with van der Waals surface area (Å²) < 4.78 is 13.4. The molecule has 1 aliphatic rings. The molecular weight excluding hydrogens is 345 g/mol. The zero-order chi connectivity index (χ0) is 19.0. The third kappa shape index (κ3) is 3.35. The van der Waals surface area contributed by atoms with Crippen molar-refractivity contribution in [2.24, 2.45) is 0 Å². The normalized spacial score (nSPS) is 17.3. The van der Waals surface area contributed by atoms with Gasteiger partial charge in [0.1, 0.15) is 11.5 Å². The number of anilines is 1. The summed E-state index contributed by atoms with van der Waals surface area (Å²) in [5, 5.41) is 9.27. The van der Waals surface area contributed by atoms with Crippen LogP contribution < -0.4 is 4.90 Å². The fraction of sp³-hybridized carbons (Fsp3) is 0.286. The standard InChI is InChI=1S/C21H20FN3O2/c1-13-4-2-3-11-25(13)20-19(14-5-8-16(22)9-6-14)23-17-10-7-15(21(26)27)12-18(17)24-20/h5-10,12-13H,2-4,11H2,1H3,(H,26,27)/t13-/m0/s1. The Bertz CT molecular complexity index is 1000. The second-order valence-corrected chi connectivity index (χ2v) is 6.95. The highest BCUT2D eigenvalue weighted by molar-refractivity contribution is 5.93. The summed E-state index contributed by atoms with van der Waals surface area (Å²) in [4.78, 5) is 23.1. The lowest BCUT2D eigenvalue weighted by atomic mass is 10.0. The number of carboxylic acids is 1. The van der Waals surface area contributed by atoms with Crippen LogP contribution in [-0.4, -0.2) is 33.6 Å². The molecule has 0 saturated carbocycles. The summed E-state index contributed by atoms with van der Waals surface area (Å²) in [7, 11) is 0. The molecule has 0 amide bonds. The molecule has 1 atom stereocenters. The van der Waals surface area contributed by atoms with Crippen molar-refractivity contribution in [3.8, 4) is 11.3 Å². The molecule has 0 unspecified atom stereocenters. The average Bonchev–Trinajstić information content (AvgIpc) is 2.67. The molecule has 6 heteroatoms. The number of aromatic nitrogens is 2. The van der Waals surface area contributed by atoms with E-state index in [9.17, 15) is 14.3 Å². The van der Waals surface area contributed by atoms with E-state index in [1.807, 2.05) is 0 Å².